The van der Waals surface area contributed by atoms with E-state index >= 15 is 0 Å². The third-order valence-corrected chi connectivity index (χ3v) is 2.71. The minimum Gasteiger partial charge on any atom is -0.352 e. The third-order valence-electron chi connectivity index (χ3n) is 2.71. The normalized spacial score (nSPS) is 14.2. The first-order valence-corrected chi connectivity index (χ1v) is 5.20. The quantitative estimate of drug-likeness (QED) is 0.560. The van der Waals surface area contributed by atoms with Gasteiger partial charge in [0.25, 0.3) is 0 Å². The SMILES string of the molecule is CCCC(=N)N1Cc2ccccc2C1. The smallest absolute Gasteiger partial charge is 0.0963 e. The number of fused-ring (bicyclic) bond motifs is 1. The van der Waals surface area contributed by atoms with Crippen LogP contribution in [0.4, 0.5) is 0 Å². The molecular formula is C12H16N2. The Morgan fingerprint density at radius 1 is 1.29 bits per heavy atom. The Bertz CT molecular complexity index is 319. The zero-order chi connectivity index (χ0) is 9.97. The Hall–Kier alpha value is -1.31. The van der Waals surface area contributed by atoms with Crippen LogP contribution in [0.2, 0.25) is 0 Å². The summed E-state index contributed by atoms with van der Waals surface area (Å²) in [6.45, 7) is 3.97. The molecule has 0 saturated heterocycles. The van der Waals surface area contributed by atoms with Crippen LogP contribution in [0.25, 0.3) is 0 Å². The molecule has 0 unspecified atom stereocenters. The highest BCUT2D eigenvalue weighted by Gasteiger charge is 2.19. The minimum absolute atomic E-state index is 0.781. The van der Waals surface area contributed by atoms with Crippen LogP contribution in [0.5, 0.6) is 0 Å². The molecule has 0 radical (unpaired) electrons. The monoisotopic (exact) mass is 188 g/mol. The molecule has 0 spiro atoms. The summed E-state index contributed by atoms with van der Waals surface area (Å²) in [6.07, 6.45) is 1.96. The number of benzene rings is 1. The van der Waals surface area contributed by atoms with Gasteiger partial charge in [0, 0.05) is 19.5 Å². The maximum atomic E-state index is 7.89. The molecule has 0 aliphatic carbocycles. The molecule has 0 bridgehead atoms. The summed E-state index contributed by atoms with van der Waals surface area (Å²) in [5.41, 5.74) is 2.77. The Kier molecular flexibility index (Phi) is 2.53. The first kappa shape index (κ1) is 9.25. The summed E-state index contributed by atoms with van der Waals surface area (Å²) < 4.78 is 0. The summed E-state index contributed by atoms with van der Waals surface area (Å²) in [4.78, 5) is 2.16. The van der Waals surface area contributed by atoms with Crippen LogP contribution in [0, 0.1) is 5.41 Å². The second kappa shape index (κ2) is 3.82. The van der Waals surface area contributed by atoms with Gasteiger partial charge in [-0.05, 0) is 17.5 Å². The van der Waals surface area contributed by atoms with Crippen LogP contribution in [-0.2, 0) is 13.1 Å². The minimum atomic E-state index is 0.781. The molecule has 1 aliphatic heterocycles. The van der Waals surface area contributed by atoms with Gasteiger partial charge in [-0.15, -0.1) is 0 Å². The standard InChI is InChI=1S/C12H16N2/c1-2-5-12(13)14-8-10-6-3-4-7-11(10)9-14/h3-4,6-7,13H,2,5,8-9H2,1H3. The zero-order valence-electron chi connectivity index (χ0n) is 8.59. The van der Waals surface area contributed by atoms with Gasteiger partial charge in [0.1, 0.15) is 0 Å². The highest BCUT2D eigenvalue weighted by atomic mass is 15.2. The maximum Gasteiger partial charge on any atom is 0.0963 e. The average molecular weight is 188 g/mol. The Morgan fingerprint density at radius 2 is 1.86 bits per heavy atom. The van der Waals surface area contributed by atoms with Crippen LogP contribution in [0.15, 0.2) is 24.3 Å². The van der Waals surface area contributed by atoms with Crippen molar-refractivity contribution < 1.29 is 0 Å². The molecule has 0 saturated carbocycles. The number of nitrogens with zero attached hydrogens (tertiary/aromatic N) is 1. The Balaban J connectivity index is 2.08. The fourth-order valence-corrected chi connectivity index (χ4v) is 1.92. The van der Waals surface area contributed by atoms with Crippen molar-refractivity contribution in [3.05, 3.63) is 35.4 Å². The van der Waals surface area contributed by atoms with E-state index in [0.29, 0.717) is 0 Å². The second-order valence-corrected chi connectivity index (χ2v) is 3.82. The van der Waals surface area contributed by atoms with Gasteiger partial charge in [-0.3, -0.25) is 5.41 Å². The van der Waals surface area contributed by atoms with Gasteiger partial charge < -0.3 is 4.90 Å². The first-order chi connectivity index (χ1) is 6.81. The number of rotatable bonds is 2. The van der Waals surface area contributed by atoms with Crippen molar-refractivity contribution in [1.29, 1.82) is 5.41 Å². The first-order valence-electron chi connectivity index (χ1n) is 5.20. The van der Waals surface area contributed by atoms with Gasteiger partial charge in [-0.2, -0.15) is 0 Å². The van der Waals surface area contributed by atoms with Crippen molar-refractivity contribution in [2.45, 2.75) is 32.9 Å². The molecule has 0 fully saturated rings. The molecule has 0 atom stereocenters. The Labute approximate surface area is 85.1 Å². The van der Waals surface area contributed by atoms with E-state index < -0.39 is 0 Å². The van der Waals surface area contributed by atoms with Gasteiger partial charge in [-0.1, -0.05) is 31.2 Å². The third kappa shape index (κ3) is 1.65. The van der Waals surface area contributed by atoms with Gasteiger partial charge in [0.05, 0.1) is 5.84 Å². The van der Waals surface area contributed by atoms with Crippen molar-refractivity contribution in [1.82, 2.24) is 4.90 Å². The predicted octanol–water partition coefficient (Wildman–Crippen LogP) is 2.78. The lowest BCUT2D eigenvalue weighted by molar-refractivity contribution is 0.432. The predicted molar refractivity (Wildman–Crippen MR) is 58.3 cm³/mol. The van der Waals surface area contributed by atoms with Crippen molar-refractivity contribution in [2.24, 2.45) is 0 Å². The van der Waals surface area contributed by atoms with E-state index in [-0.39, 0.29) is 0 Å². The fraction of sp³-hybridized carbons (Fsp3) is 0.417. The summed E-state index contributed by atoms with van der Waals surface area (Å²) in [7, 11) is 0. The molecule has 2 nitrogen and oxygen atoms in total. The molecular weight excluding hydrogens is 172 g/mol. The van der Waals surface area contributed by atoms with E-state index in [4.69, 9.17) is 5.41 Å². The van der Waals surface area contributed by atoms with Crippen molar-refractivity contribution in [3.63, 3.8) is 0 Å². The van der Waals surface area contributed by atoms with Crippen LogP contribution >= 0.6 is 0 Å². The van der Waals surface area contributed by atoms with E-state index in [9.17, 15) is 0 Å². The topological polar surface area (TPSA) is 27.1 Å². The molecule has 74 valence electrons. The lowest BCUT2D eigenvalue weighted by Crippen LogP contribution is -2.23. The summed E-state index contributed by atoms with van der Waals surface area (Å²) in [6, 6.07) is 8.47. The van der Waals surface area contributed by atoms with Gasteiger partial charge in [0.2, 0.25) is 0 Å². The number of hydrogen-bond acceptors (Lipinski definition) is 1. The van der Waals surface area contributed by atoms with Crippen LogP contribution in [0.1, 0.15) is 30.9 Å². The summed E-state index contributed by atoms with van der Waals surface area (Å²) in [5, 5.41) is 7.89. The maximum absolute atomic E-state index is 7.89. The molecule has 0 aromatic heterocycles. The zero-order valence-corrected chi connectivity index (χ0v) is 8.59. The number of nitrogens with one attached hydrogen (secondary N) is 1. The van der Waals surface area contributed by atoms with Crippen molar-refractivity contribution in [2.75, 3.05) is 0 Å². The second-order valence-electron chi connectivity index (χ2n) is 3.82. The number of amidine groups is 1. The van der Waals surface area contributed by atoms with Gasteiger partial charge >= 0.3 is 0 Å². The molecule has 1 aromatic carbocycles. The molecule has 1 aromatic rings. The molecule has 1 heterocycles. The highest BCUT2D eigenvalue weighted by molar-refractivity contribution is 5.79. The van der Waals surface area contributed by atoms with E-state index in [1.54, 1.807) is 0 Å². The van der Waals surface area contributed by atoms with E-state index in [0.717, 1.165) is 31.8 Å². The summed E-state index contributed by atoms with van der Waals surface area (Å²) in [5.74, 6) is 0.781. The fourth-order valence-electron chi connectivity index (χ4n) is 1.92. The van der Waals surface area contributed by atoms with Crippen molar-refractivity contribution >= 4 is 5.84 Å². The van der Waals surface area contributed by atoms with Crippen LogP contribution in [-0.4, -0.2) is 10.7 Å². The van der Waals surface area contributed by atoms with Crippen LogP contribution in [0.3, 0.4) is 0 Å². The molecule has 2 rings (SSSR count). The largest absolute Gasteiger partial charge is 0.352 e. The van der Waals surface area contributed by atoms with Gasteiger partial charge in [0.15, 0.2) is 0 Å². The molecule has 14 heavy (non-hydrogen) atoms. The highest BCUT2D eigenvalue weighted by Crippen LogP contribution is 2.22. The molecule has 0 amide bonds. The van der Waals surface area contributed by atoms with E-state index in [1.807, 2.05) is 0 Å². The average Bonchev–Trinajstić information content (AvgIpc) is 2.61. The molecule has 1 aliphatic rings. The lowest BCUT2D eigenvalue weighted by atomic mass is 10.1. The Morgan fingerprint density at radius 3 is 2.36 bits per heavy atom. The van der Waals surface area contributed by atoms with Gasteiger partial charge in [-0.25, -0.2) is 0 Å². The summed E-state index contributed by atoms with van der Waals surface area (Å²) >= 11 is 0. The lowest BCUT2D eigenvalue weighted by Gasteiger charge is -2.17. The van der Waals surface area contributed by atoms with E-state index in [2.05, 4.69) is 36.1 Å². The van der Waals surface area contributed by atoms with Crippen LogP contribution < -0.4 is 0 Å². The van der Waals surface area contributed by atoms with Crippen molar-refractivity contribution in [3.8, 4) is 0 Å². The molecule has 1 N–H and O–H groups in total. The van der Waals surface area contributed by atoms with E-state index in [1.165, 1.54) is 11.1 Å². The number of hydrogen-bond donors (Lipinski definition) is 1. The molecule has 2 heteroatoms.